The van der Waals surface area contributed by atoms with Gasteiger partial charge in [0, 0.05) is 31.0 Å². The van der Waals surface area contributed by atoms with Gasteiger partial charge in [-0.25, -0.2) is 13.8 Å². The molecule has 3 N–H and O–H groups in total. The molecule has 37 heavy (non-hydrogen) atoms. The molecule has 0 bridgehead atoms. The maximum Gasteiger partial charge on any atom is 0.287 e. The van der Waals surface area contributed by atoms with Gasteiger partial charge in [-0.15, -0.1) is 0 Å². The predicted octanol–water partition coefficient (Wildman–Crippen LogP) is 3.90. The van der Waals surface area contributed by atoms with E-state index in [1.165, 1.54) is 11.0 Å². The lowest BCUT2D eigenvalue weighted by Crippen LogP contribution is -2.43. The zero-order chi connectivity index (χ0) is 26.5. The molecule has 0 radical (unpaired) electrons. The number of halogens is 3. The second-order valence-electron chi connectivity index (χ2n) is 8.52. The molecule has 2 heterocycles. The van der Waals surface area contributed by atoms with Crippen LogP contribution in [-0.2, 0) is 0 Å². The minimum atomic E-state index is -0.936. The Balaban J connectivity index is 1.54. The lowest BCUT2D eigenvalue weighted by atomic mass is 10.1. The number of rotatable bonds is 8. The number of piperidine rings is 1. The number of carbonyl (C=O) groups is 3. The third-order valence-corrected chi connectivity index (χ3v) is 6.25. The first kappa shape index (κ1) is 26.2. The number of hydrogen-bond acceptors (Lipinski definition) is 6. The van der Waals surface area contributed by atoms with Crippen molar-refractivity contribution >= 4 is 40.7 Å². The molecular weight excluding hydrogens is 508 g/mol. The summed E-state index contributed by atoms with van der Waals surface area (Å²) in [5.74, 6) is -3.02. The van der Waals surface area contributed by atoms with Crippen molar-refractivity contribution in [2.75, 3.05) is 36.4 Å². The number of nitrogens with one attached hydrogen (secondary N) is 1. The van der Waals surface area contributed by atoms with Crippen LogP contribution in [0.4, 0.5) is 20.2 Å². The summed E-state index contributed by atoms with van der Waals surface area (Å²) in [6, 6.07) is 9.78. The summed E-state index contributed by atoms with van der Waals surface area (Å²) in [6.45, 7) is 1.54. The first-order valence-electron chi connectivity index (χ1n) is 11.5. The highest BCUT2D eigenvalue weighted by Crippen LogP contribution is 2.24. The number of aromatic nitrogens is 1. The van der Waals surface area contributed by atoms with E-state index in [4.69, 9.17) is 21.8 Å². The Kier molecular flexibility index (Phi) is 8.14. The van der Waals surface area contributed by atoms with Crippen LogP contribution in [0.25, 0.3) is 0 Å². The molecule has 1 aliphatic heterocycles. The van der Waals surface area contributed by atoms with Crippen molar-refractivity contribution in [2.24, 2.45) is 5.73 Å². The van der Waals surface area contributed by atoms with Crippen LogP contribution in [0.15, 0.2) is 53.3 Å². The van der Waals surface area contributed by atoms with Crippen molar-refractivity contribution in [3.8, 4) is 0 Å². The third kappa shape index (κ3) is 6.30. The largest absolute Gasteiger partial charge is 0.437 e. The Morgan fingerprint density at radius 2 is 1.97 bits per heavy atom. The molecule has 1 aromatic heterocycles. The summed E-state index contributed by atoms with van der Waals surface area (Å²) in [5.41, 5.74) is 6.01. The maximum absolute atomic E-state index is 13.9. The van der Waals surface area contributed by atoms with Crippen molar-refractivity contribution in [1.29, 1.82) is 0 Å². The number of nitrogens with zero attached hydrogens (tertiary/aromatic N) is 3. The Hall–Kier alpha value is -3.83. The molecule has 12 heteroatoms. The molecule has 1 fully saturated rings. The number of carbonyl (C=O) groups excluding carboxylic acids is 3. The number of benzene rings is 2. The fourth-order valence-electron chi connectivity index (χ4n) is 4.09. The summed E-state index contributed by atoms with van der Waals surface area (Å²) in [5, 5.41) is 2.64. The molecule has 4 rings (SSSR count). The molecule has 1 unspecified atom stereocenters. The molecule has 3 amide bonds. The second kappa shape index (κ2) is 11.5. The topological polar surface area (TPSA) is 122 Å². The molecular formula is C25H24ClF2N5O4. The van der Waals surface area contributed by atoms with E-state index in [1.54, 1.807) is 24.3 Å². The van der Waals surface area contributed by atoms with E-state index in [-0.39, 0.29) is 35.1 Å². The summed E-state index contributed by atoms with van der Waals surface area (Å²) < 4.78 is 32.1. The number of likely N-dealkylation sites (tertiary alicyclic amines) is 1. The smallest absolute Gasteiger partial charge is 0.287 e. The maximum atomic E-state index is 13.9. The summed E-state index contributed by atoms with van der Waals surface area (Å²) in [6.07, 6.45) is 1.27. The minimum Gasteiger partial charge on any atom is -0.437 e. The Labute approximate surface area is 216 Å². The van der Waals surface area contributed by atoms with Gasteiger partial charge in [-0.1, -0.05) is 11.6 Å². The standard InChI is InChI=1S/C25H24ClF2N5O4/c26-20-12-15(27)3-8-19(20)24(35)31-17-4-6-18(7-5-17)33(11-10-32-9-1-2-16(28)13-32)25(36)21-22(23(29)34)37-14-30-21/h3-8,12,14,16H,1-2,9-11,13H2,(H2,29,34)(H,31,35). The zero-order valence-corrected chi connectivity index (χ0v) is 20.4. The Bertz CT molecular complexity index is 1300. The van der Waals surface area contributed by atoms with E-state index in [9.17, 15) is 23.2 Å². The van der Waals surface area contributed by atoms with Crippen molar-refractivity contribution in [2.45, 2.75) is 19.0 Å². The van der Waals surface area contributed by atoms with E-state index < -0.39 is 29.7 Å². The van der Waals surface area contributed by atoms with Gasteiger partial charge in [0.25, 0.3) is 17.7 Å². The molecule has 3 aromatic rings. The van der Waals surface area contributed by atoms with E-state index in [2.05, 4.69) is 10.3 Å². The van der Waals surface area contributed by atoms with Crippen LogP contribution in [0.5, 0.6) is 0 Å². The molecule has 0 saturated carbocycles. The monoisotopic (exact) mass is 531 g/mol. The highest BCUT2D eigenvalue weighted by Gasteiger charge is 2.28. The number of nitrogens with two attached hydrogens (primary N) is 1. The number of alkyl halides is 1. The van der Waals surface area contributed by atoms with E-state index in [0.717, 1.165) is 24.9 Å². The number of oxazole rings is 1. The fourth-order valence-corrected chi connectivity index (χ4v) is 4.34. The average Bonchev–Trinajstić information content (AvgIpc) is 3.35. The molecule has 2 aromatic carbocycles. The minimum absolute atomic E-state index is 0.0306. The number of anilines is 2. The van der Waals surface area contributed by atoms with Crippen LogP contribution in [0, 0.1) is 5.82 Å². The SMILES string of the molecule is NC(=O)c1ocnc1C(=O)N(CCN1CCCC(F)C1)c1ccc(NC(=O)c2ccc(F)cc2Cl)cc1. The predicted molar refractivity (Wildman–Crippen MR) is 133 cm³/mol. The second-order valence-corrected chi connectivity index (χ2v) is 8.92. The average molecular weight is 532 g/mol. The van der Waals surface area contributed by atoms with Gasteiger partial charge >= 0.3 is 0 Å². The van der Waals surface area contributed by atoms with Crippen LogP contribution in [-0.4, -0.2) is 60.0 Å². The summed E-state index contributed by atoms with van der Waals surface area (Å²) in [4.78, 5) is 44.8. The number of hydrogen-bond donors (Lipinski definition) is 2. The van der Waals surface area contributed by atoms with Crippen LogP contribution < -0.4 is 16.0 Å². The lowest BCUT2D eigenvalue weighted by Gasteiger charge is -2.31. The van der Waals surface area contributed by atoms with E-state index >= 15 is 0 Å². The van der Waals surface area contributed by atoms with Gasteiger partial charge < -0.3 is 20.4 Å². The van der Waals surface area contributed by atoms with Crippen LogP contribution in [0.2, 0.25) is 5.02 Å². The lowest BCUT2D eigenvalue weighted by molar-refractivity contribution is 0.0935. The van der Waals surface area contributed by atoms with Crippen LogP contribution in [0.1, 0.15) is 44.2 Å². The fraction of sp³-hybridized carbons (Fsp3) is 0.280. The normalized spacial score (nSPS) is 15.8. The van der Waals surface area contributed by atoms with Gasteiger partial charge in [0.2, 0.25) is 5.76 Å². The molecule has 9 nitrogen and oxygen atoms in total. The van der Waals surface area contributed by atoms with Crippen LogP contribution in [0.3, 0.4) is 0 Å². The number of primary amides is 1. The third-order valence-electron chi connectivity index (χ3n) is 5.94. The first-order chi connectivity index (χ1) is 17.7. The zero-order valence-electron chi connectivity index (χ0n) is 19.6. The Morgan fingerprint density at radius 3 is 2.65 bits per heavy atom. The molecule has 194 valence electrons. The molecule has 1 atom stereocenters. The van der Waals surface area contributed by atoms with Crippen molar-refractivity contribution in [3.05, 3.63) is 76.7 Å². The Morgan fingerprint density at radius 1 is 1.22 bits per heavy atom. The van der Waals surface area contributed by atoms with Crippen LogP contribution >= 0.6 is 11.6 Å². The summed E-state index contributed by atoms with van der Waals surface area (Å²) >= 11 is 5.96. The quantitative estimate of drug-likeness (QED) is 0.454. The van der Waals surface area contributed by atoms with Crippen molar-refractivity contribution in [3.63, 3.8) is 0 Å². The van der Waals surface area contributed by atoms with Gasteiger partial charge in [-0.2, -0.15) is 0 Å². The number of amides is 3. The van der Waals surface area contributed by atoms with Gasteiger partial charge in [-0.05, 0) is 61.9 Å². The van der Waals surface area contributed by atoms with Gasteiger partial charge in [0.15, 0.2) is 12.1 Å². The van der Waals surface area contributed by atoms with Crippen molar-refractivity contribution < 1.29 is 27.6 Å². The molecule has 0 aliphatic carbocycles. The highest BCUT2D eigenvalue weighted by molar-refractivity contribution is 6.34. The highest BCUT2D eigenvalue weighted by atomic mass is 35.5. The van der Waals surface area contributed by atoms with Gasteiger partial charge in [0.1, 0.15) is 12.0 Å². The van der Waals surface area contributed by atoms with E-state index in [1.807, 2.05) is 4.90 Å². The van der Waals surface area contributed by atoms with Gasteiger partial charge in [0.05, 0.1) is 10.6 Å². The van der Waals surface area contributed by atoms with E-state index in [0.29, 0.717) is 30.9 Å². The van der Waals surface area contributed by atoms with Gasteiger partial charge in [-0.3, -0.25) is 19.3 Å². The summed E-state index contributed by atoms with van der Waals surface area (Å²) in [7, 11) is 0. The molecule has 0 spiro atoms. The molecule has 1 aliphatic rings. The first-order valence-corrected chi connectivity index (χ1v) is 11.9. The van der Waals surface area contributed by atoms with Crippen molar-refractivity contribution in [1.82, 2.24) is 9.88 Å². The molecule has 1 saturated heterocycles.